The molecule has 0 saturated carbocycles. The van der Waals surface area contributed by atoms with Crippen molar-refractivity contribution in [1.82, 2.24) is 0 Å². The smallest absolute Gasteiger partial charge is 0.210 e. The van der Waals surface area contributed by atoms with Crippen molar-refractivity contribution in [3.05, 3.63) is 185 Å². The Morgan fingerprint density at radius 3 is 1.95 bits per heavy atom. The molecule has 0 atom stereocenters. The van der Waals surface area contributed by atoms with Crippen molar-refractivity contribution in [3.63, 3.8) is 0 Å². The minimum absolute atomic E-state index is 0.266. The number of ether oxygens (including phenoxy) is 2. The minimum atomic E-state index is -4.02. The van der Waals surface area contributed by atoms with Gasteiger partial charge in [0.2, 0.25) is 15.5 Å². The van der Waals surface area contributed by atoms with E-state index in [1.54, 1.807) is 38.5 Å². The number of rotatable bonds is 13. The van der Waals surface area contributed by atoms with E-state index in [1.165, 1.54) is 44.0 Å². The Labute approximate surface area is 366 Å². The second kappa shape index (κ2) is 16.4. The molecule has 9 rings (SSSR count). The van der Waals surface area contributed by atoms with Crippen LogP contribution in [0.5, 0.6) is 0 Å². The Morgan fingerprint density at radius 1 is 0.629 bits per heavy atom. The fraction of sp³-hybridized carbons (Fsp3) is 0.255. The number of benzene rings is 6. The van der Waals surface area contributed by atoms with Crippen LogP contribution in [0.2, 0.25) is 0 Å². The van der Waals surface area contributed by atoms with Crippen LogP contribution < -0.4 is 4.90 Å². The molecular weight excluding hydrogens is 785 g/mol. The van der Waals surface area contributed by atoms with Crippen molar-refractivity contribution in [2.24, 2.45) is 0 Å². The molecule has 6 nitrogen and oxygen atoms in total. The summed E-state index contributed by atoms with van der Waals surface area (Å²) in [6.07, 6.45) is 10.2. The molecule has 0 amide bonds. The van der Waals surface area contributed by atoms with Crippen molar-refractivity contribution in [3.8, 4) is 0 Å². The Hall–Kier alpha value is -5.86. The number of fused-ring (bicyclic) bond motifs is 7. The van der Waals surface area contributed by atoms with Gasteiger partial charge in [-0.3, -0.25) is 0 Å². The summed E-state index contributed by atoms with van der Waals surface area (Å²) in [5.74, 6) is 0. The molecule has 314 valence electrons. The molecule has 2 heterocycles. The van der Waals surface area contributed by atoms with Gasteiger partial charge in [-0.05, 0) is 94.9 Å². The van der Waals surface area contributed by atoms with Crippen LogP contribution in [0.25, 0.3) is 32.7 Å². The summed E-state index contributed by atoms with van der Waals surface area (Å²) >= 11 is 0. The van der Waals surface area contributed by atoms with Crippen molar-refractivity contribution in [1.29, 1.82) is 0 Å². The highest BCUT2D eigenvalue weighted by atomic mass is 32.2. The van der Waals surface area contributed by atoms with Gasteiger partial charge in [-0.1, -0.05) is 117 Å². The number of allylic oxidation sites excluding steroid dienone is 7. The van der Waals surface area contributed by atoms with Crippen molar-refractivity contribution in [2.45, 2.75) is 56.3 Å². The topological polar surface area (TPSA) is 58.8 Å². The van der Waals surface area contributed by atoms with Crippen LogP contribution in [0.15, 0.2) is 167 Å². The fourth-order valence-electron chi connectivity index (χ4n) is 10.3. The van der Waals surface area contributed by atoms with Crippen LogP contribution in [-0.4, -0.2) is 59.2 Å². The molecule has 2 aliphatic heterocycles. The number of hydrogen-bond donors (Lipinski definition) is 0. The lowest BCUT2D eigenvalue weighted by atomic mass is 9.79. The zero-order chi connectivity index (χ0) is 43.2. The molecule has 0 spiro atoms. The fourth-order valence-corrected chi connectivity index (χ4v) is 12.0. The zero-order valence-corrected chi connectivity index (χ0v) is 37.4. The normalized spacial score (nSPS) is 17.9. The predicted octanol–water partition coefficient (Wildman–Crippen LogP) is 12.0. The van der Waals surface area contributed by atoms with Crippen LogP contribution in [-0.2, 0) is 30.1 Å². The molecule has 0 fully saturated rings. The highest BCUT2D eigenvalue weighted by molar-refractivity contribution is 7.96. The lowest BCUT2D eigenvalue weighted by Gasteiger charge is -2.27. The van der Waals surface area contributed by atoms with E-state index in [2.05, 4.69) is 146 Å². The van der Waals surface area contributed by atoms with E-state index in [-0.39, 0.29) is 15.7 Å². The molecule has 3 aliphatic rings. The number of sulfone groups is 1. The van der Waals surface area contributed by atoms with Gasteiger partial charge in [0.15, 0.2) is 12.3 Å². The second-order valence-electron chi connectivity index (χ2n) is 17.6. The molecule has 6 aromatic rings. The molecule has 6 aromatic carbocycles. The third kappa shape index (κ3) is 6.87. The van der Waals surface area contributed by atoms with Gasteiger partial charge in [0.25, 0.3) is 0 Å². The summed E-state index contributed by atoms with van der Waals surface area (Å²) in [5, 5.41) is 4.86. The van der Waals surface area contributed by atoms with Gasteiger partial charge in [0, 0.05) is 79.4 Å². The van der Waals surface area contributed by atoms with Crippen molar-refractivity contribution >= 4 is 59.6 Å². The van der Waals surface area contributed by atoms with E-state index in [4.69, 9.17) is 9.47 Å². The molecule has 62 heavy (non-hydrogen) atoms. The number of nitrogens with zero attached hydrogens (tertiary/aromatic N) is 2. The highest BCUT2D eigenvalue weighted by Gasteiger charge is 2.46. The number of hydrogen-bond acceptors (Lipinski definition) is 5. The predicted molar refractivity (Wildman–Crippen MR) is 256 cm³/mol. The van der Waals surface area contributed by atoms with Gasteiger partial charge < -0.3 is 14.4 Å². The van der Waals surface area contributed by atoms with Crippen molar-refractivity contribution in [2.75, 3.05) is 45.4 Å². The van der Waals surface area contributed by atoms with E-state index in [9.17, 15) is 0 Å². The highest BCUT2D eigenvalue weighted by Crippen LogP contribution is 2.52. The third-order valence-corrected chi connectivity index (χ3v) is 15.0. The molecular formula is C55H55N2O4S+. The van der Waals surface area contributed by atoms with E-state index in [0.717, 1.165) is 48.5 Å². The average Bonchev–Trinajstić information content (AvgIpc) is 3.81. The van der Waals surface area contributed by atoms with E-state index in [1.807, 2.05) is 18.2 Å². The molecule has 0 unspecified atom stereocenters. The molecule has 0 radical (unpaired) electrons. The maximum absolute atomic E-state index is 15.3. The molecule has 0 N–H and O–H groups in total. The average molecular weight is 840 g/mol. The largest absolute Gasteiger partial charge is 0.385 e. The summed E-state index contributed by atoms with van der Waals surface area (Å²) in [6.45, 7) is 11.9. The van der Waals surface area contributed by atoms with Crippen LogP contribution >= 0.6 is 0 Å². The number of anilines is 1. The van der Waals surface area contributed by atoms with Gasteiger partial charge in [0.05, 0.1) is 21.8 Å². The molecule has 7 heteroatoms. The summed E-state index contributed by atoms with van der Waals surface area (Å²) < 4.78 is 44.0. The lowest BCUT2D eigenvalue weighted by Crippen LogP contribution is -2.28. The maximum Gasteiger partial charge on any atom is 0.210 e. The maximum atomic E-state index is 15.3. The van der Waals surface area contributed by atoms with Crippen molar-refractivity contribution < 1.29 is 22.5 Å². The van der Waals surface area contributed by atoms with E-state index < -0.39 is 9.84 Å². The summed E-state index contributed by atoms with van der Waals surface area (Å²) in [4.78, 5) is 2.99. The van der Waals surface area contributed by atoms with Crippen LogP contribution in [0.4, 0.5) is 11.4 Å². The Kier molecular flexibility index (Phi) is 11.0. The second-order valence-corrected chi connectivity index (χ2v) is 19.4. The van der Waals surface area contributed by atoms with E-state index in [0.29, 0.717) is 29.3 Å². The van der Waals surface area contributed by atoms with E-state index >= 15 is 8.42 Å². The number of methoxy groups -OCH3 is 2. The van der Waals surface area contributed by atoms with Crippen LogP contribution in [0, 0.1) is 0 Å². The van der Waals surface area contributed by atoms with Crippen LogP contribution in [0.1, 0.15) is 62.8 Å². The quantitative estimate of drug-likeness (QED) is 0.0856. The lowest BCUT2D eigenvalue weighted by molar-refractivity contribution is -0.438. The van der Waals surface area contributed by atoms with Gasteiger partial charge in [-0.2, -0.15) is 4.58 Å². The summed E-state index contributed by atoms with van der Waals surface area (Å²) in [7, 11) is -0.533. The Bertz CT molecular complexity index is 3010. The molecule has 0 bridgehead atoms. The third-order valence-electron chi connectivity index (χ3n) is 13.1. The first-order chi connectivity index (χ1) is 30.0. The SMILES string of the molecule is COCCCN1/C(=C/C=C2C(S(=O)(=O)c3ccccc3)=C(/C=C/C3=[N+](CCCOC)c4ccc5ccccc5c4C3(C)C)c3ccccc3/2)C(C)(C)c2c1ccc1ccccc21. The minimum Gasteiger partial charge on any atom is -0.385 e. The Morgan fingerprint density at radius 2 is 1.24 bits per heavy atom. The van der Waals surface area contributed by atoms with Gasteiger partial charge in [0.1, 0.15) is 0 Å². The van der Waals surface area contributed by atoms with Gasteiger partial charge in [-0.15, -0.1) is 0 Å². The first-order valence-corrected chi connectivity index (χ1v) is 23.2. The zero-order valence-electron chi connectivity index (χ0n) is 36.6. The Balaban J connectivity index is 1.25. The summed E-state index contributed by atoms with van der Waals surface area (Å²) in [6, 6.07) is 43.1. The first kappa shape index (κ1) is 41.5. The monoisotopic (exact) mass is 839 g/mol. The van der Waals surface area contributed by atoms with Gasteiger partial charge in [-0.25, -0.2) is 8.42 Å². The first-order valence-electron chi connectivity index (χ1n) is 21.7. The van der Waals surface area contributed by atoms with Crippen LogP contribution in [0.3, 0.4) is 0 Å². The standard InChI is InChI=1S/C55H55N2O4S/c1-54(2)49(56(34-16-36-60-5)47-30-26-38-18-10-12-22-41(38)51(47)54)32-28-45-43-24-14-15-25-44(43)46(53(45)62(58,59)40-20-8-7-9-21-40)29-33-50-55(3,4)52-42-23-13-11-19-39(42)27-31-48(52)57(50)35-17-37-61-6/h7-15,18-33H,16-17,34-37H2,1-6H3/q+1. The molecule has 0 saturated heterocycles. The summed E-state index contributed by atoms with van der Waals surface area (Å²) in [5.41, 5.74) is 9.56. The molecule has 1 aliphatic carbocycles. The van der Waals surface area contributed by atoms with Gasteiger partial charge >= 0.3 is 0 Å². The molecule has 0 aromatic heterocycles.